The van der Waals surface area contributed by atoms with Gasteiger partial charge in [-0.3, -0.25) is 5.10 Å². The molecule has 0 saturated heterocycles. The quantitative estimate of drug-likeness (QED) is 0.505. The molecule has 0 saturated carbocycles. The van der Waals surface area contributed by atoms with E-state index < -0.39 is 0 Å². The molecule has 0 fully saturated rings. The van der Waals surface area contributed by atoms with Crippen molar-refractivity contribution in [3.8, 4) is 5.75 Å². The summed E-state index contributed by atoms with van der Waals surface area (Å²) in [5.41, 5.74) is 1.83. The highest BCUT2D eigenvalue weighted by molar-refractivity contribution is 6.28. The molecule has 4 aromatic rings. The molecule has 4 rings (SSSR count). The van der Waals surface area contributed by atoms with Gasteiger partial charge in [0.25, 0.3) is 0 Å². The van der Waals surface area contributed by atoms with Crippen molar-refractivity contribution >= 4 is 33.9 Å². The molecule has 0 aliphatic carbocycles. The topological polar surface area (TPSA) is 88.6 Å². The number of nitrogens with one attached hydrogen (secondary N) is 2. The maximum Gasteiger partial charge on any atom is 0.222 e. The standard InChI is InChI=1S/C18H15ClN6O/c19-18-21-10-14(11-22-18)25-17-16-2-1-15(7-13(16)3-5-20-17)26-6-4-12-8-23-24-9-12/h1-3,5,7-11H,4,6H2,(H,20,25)(H,23,24). The molecule has 0 radical (unpaired) electrons. The van der Waals surface area contributed by atoms with E-state index in [2.05, 4.69) is 30.5 Å². The number of rotatable bonds is 6. The maximum atomic E-state index is 5.84. The minimum Gasteiger partial charge on any atom is -0.493 e. The summed E-state index contributed by atoms with van der Waals surface area (Å²) in [4.78, 5) is 12.3. The number of hydrogen-bond donors (Lipinski definition) is 2. The number of anilines is 2. The third kappa shape index (κ3) is 3.73. The number of nitrogens with zero attached hydrogens (tertiary/aromatic N) is 4. The summed E-state index contributed by atoms with van der Waals surface area (Å²) in [6, 6.07) is 7.86. The SMILES string of the molecule is Clc1ncc(Nc2nccc3cc(OCCc4cn[nH]c4)ccc23)cn1. The van der Waals surface area contributed by atoms with E-state index in [0.29, 0.717) is 6.61 Å². The van der Waals surface area contributed by atoms with Gasteiger partial charge in [-0.1, -0.05) is 0 Å². The van der Waals surface area contributed by atoms with Gasteiger partial charge in [0.2, 0.25) is 5.28 Å². The molecule has 26 heavy (non-hydrogen) atoms. The van der Waals surface area contributed by atoms with Crippen molar-refractivity contribution in [2.75, 3.05) is 11.9 Å². The van der Waals surface area contributed by atoms with Gasteiger partial charge < -0.3 is 10.1 Å². The molecule has 0 atom stereocenters. The van der Waals surface area contributed by atoms with Crippen LogP contribution in [-0.4, -0.2) is 31.8 Å². The van der Waals surface area contributed by atoms with Gasteiger partial charge in [0.15, 0.2) is 0 Å². The van der Waals surface area contributed by atoms with Crippen LogP contribution in [0, 0.1) is 0 Å². The van der Waals surface area contributed by atoms with Crippen molar-refractivity contribution in [1.82, 2.24) is 25.1 Å². The normalized spacial score (nSPS) is 10.8. The Morgan fingerprint density at radius 2 is 1.96 bits per heavy atom. The second-order valence-corrected chi connectivity index (χ2v) is 5.95. The van der Waals surface area contributed by atoms with Gasteiger partial charge in [-0.25, -0.2) is 15.0 Å². The largest absolute Gasteiger partial charge is 0.493 e. The van der Waals surface area contributed by atoms with Crippen LogP contribution in [0.5, 0.6) is 5.75 Å². The number of halogens is 1. The van der Waals surface area contributed by atoms with E-state index in [1.54, 1.807) is 24.8 Å². The molecule has 2 N–H and O–H groups in total. The van der Waals surface area contributed by atoms with Crippen LogP contribution < -0.4 is 10.1 Å². The summed E-state index contributed by atoms with van der Waals surface area (Å²) < 4.78 is 5.84. The number of hydrogen-bond acceptors (Lipinski definition) is 6. The minimum atomic E-state index is 0.207. The lowest BCUT2D eigenvalue weighted by atomic mass is 10.1. The number of pyridine rings is 1. The predicted octanol–water partition coefficient (Wildman–Crippen LogP) is 3.77. The zero-order valence-corrected chi connectivity index (χ0v) is 14.4. The summed E-state index contributed by atoms with van der Waals surface area (Å²) in [5.74, 6) is 1.53. The molecule has 7 nitrogen and oxygen atoms in total. The number of ether oxygens (including phenoxy) is 1. The molecule has 0 spiro atoms. The van der Waals surface area contributed by atoms with Crippen molar-refractivity contribution in [3.05, 3.63) is 66.1 Å². The van der Waals surface area contributed by atoms with E-state index in [4.69, 9.17) is 16.3 Å². The van der Waals surface area contributed by atoms with Gasteiger partial charge in [0, 0.05) is 24.2 Å². The van der Waals surface area contributed by atoms with Crippen LogP contribution in [0.4, 0.5) is 11.5 Å². The molecular formula is C18H15ClN6O. The van der Waals surface area contributed by atoms with Crippen LogP contribution >= 0.6 is 11.6 Å². The molecule has 3 heterocycles. The van der Waals surface area contributed by atoms with Crippen molar-refractivity contribution < 1.29 is 4.74 Å². The Morgan fingerprint density at radius 1 is 1.08 bits per heavy atom. The fraction of sp³-hybridized carbons (Fsp3) is 0.111. The molecule has 0 bridgehead atoms. The smallest absolute Gasteiger partial charge is 0.222 e. The first-order valence-electron chi connectivity index (χ1n) is 8.02. The van der Waals surface area contributed by atoms with Crippen molar-refractivity contribution in [2.24, 2.45) is 0 Å². The molecule has 8 heteroatoms. The maximum absolute atomic E-state index is 5.84. The van der Waals surface area contributed by atoms with E-state index in [1.165, 1.54) is 0 Å². The van der Waals surface area contributed by atoms with E-state index in [9.17, 15) is 0 Å². The Bertz CT molecular complexity index is 1000. The van der Waals surface area contributed by atoms with Crippen molar-refractivity contribution in [3.63, 3.8) is 0 Å². The predicted molar refractivity (Wildman–Crippen MR) is 99.9 cm³/mol. The lowest BCUT2D eigenvalue weighted by Gasteiger charge is -2.10. The second kappa shape index (κ2) is 7.37. The van der Waals surface area contributed by atoms with Crippen molar-refractivity contribution in [2.45, 2.75) is 6.42 Å². The van der Waals surface area contributed by atoms with Crippen molar-refractivity contribution in [1.29, 1.82) is 0 Å². The third-order valence-electron chi connectivity index (χ3n) is 3.83. The summed E-state index contributed by atoms with van der Waals surface area (Å²) in [7, 11) is 0. The first kappa shape index (κ1) is 16.3. The highest BCUT2D eigenvalue weighted by Crippen LogP contribution is 2.27. The lowest BCUT2D eigenvalue weighted by molar-refractivity contribution is 0.322. The highest BCUT2D eigenvalue weighted by atomic mass is 35.5. The number of aromatic nitrogens is 5. The van der Waals surface area contributed by atoms with Gasteiger partial charge in [-0.05, 0) is 46.8 Å². The first-order chi connectivity index (χ1) is 12.8. The zero-order valence-electron chi connectivity index (χ0n) is 13.7. The Morgan fingerprint density at radius 3 is 2.77 bits per heavy atom. The molecule has 3 aromatic heterocycles. The molecule has 0 aliphatic heterocycles. The van der Waals surface area contributed by atoms with Gasteiger partial charge in [-0.2, -0.15) is 5.10 Å². The summed E-state index contributed by atoms with van der Waals surface area (Å²) >= 11 is 5.72. The van der Waals surface area contributed by atoms with Gasteiger partial charge in [0.1, 0.15) is 11.6 Å². The Balaban J connectivity index is 1.50. The molecular weight excluding hydrogens is 352 g/mol. The fourth-order valence-corrected chi connectivity index (χ4v) is 2.66. The van der Waals surface area contributed by atoms with Crippen LogP contribution in [-0.2, 0) is 6.42 Å². The van der Waals surface area contributed by atoms with Crippen LogP contribution in [0.15, 0.2) is 55.2 Å². The van der Waals surface area contributed by atoms with Crippen LogP contribution in [0.1, 0.15) is 5.56 Å². The number of aromatic amines is 1. The van der Waals surface area contributed by atoms with Gasteiger partial charge in [0.05, 0.1) is 30.9 Å². The molecule has 130 valence electrons. The average molecular weight is 367 g/mol. The number of benzene rings is 1. The second-order valence-electron chi connectivity index (χ2n) is 5.61. The first-order valence-corrected chi connectivity index (χ1v) is 8.39. The van der Waals surface area contributed by atoms with Crippen LogP contribution in [0.2, 0.25) is 5.28 Å². The number of fused-ring (bicyclic) bond motifs is 1. The average Bonchev–Trinajstić information content (AvgIpc) is 3.17. The molecule has 0 amide bonds. The van der Waals surface area contributed by atoms with E-state index in [1.807, 2.05) is 30.5 Å². The van der Waals surface area contributed by atoms with Crippen LogP contribution in [0.3, 0.4) is 0 Å². The minimum absolute atomic E-state index is 0.207. The van der Waals surface area contributed by atoms with Gasteiger partial charge in [-0.15, -0.1) is 0 Å². The summed E-state index contributed by atoms with van der Waals surface area (Å²) in [6.45, 7) is 0.587. The monoisotopic (exact) mass is 366 g/mol. The Hall–Kier alpha value is -3.19. The summed E-state index contributed by atoms with van der Waals surface area (Å²) in [6.07, 6.45) is 9.44. The van der Waals surface area contributed by atoms with Gasteiger partial charge >= 0.3 is 0 Å². The molecule has 1 aromatic carbocycles. The molecule has 0 aliphatic rings. The third-order valence-corrected chi connectivity index (χ3v) is 4.03. The fourth-order valence-electron chi connectivity index (χ4n) is 2.56. The Kier molecular flexibility index (Phi) is 4.61. The summed E-state index contributed by atoms with van der Waals surface area (Å²) in [5, 5.41) is 12.1. The van der Waals surface area contributed by atoms with E-state index in [0.717, 1.165) is 40.0 Å². The Labute approximate surface area is 154 Å². The zero-order chi connectivity index (χ0) is 17.8. The van der Waals surface area contributed by atoms with E-state index >= 15 is 0 Å². The number of H-pyrrole nitrogens is 1. The lowest BCUT2D eigenvalue weighted by Crippen LogP contribution is -2.01. The van der Waals surface area contributed by atoms with E-state index in [-0.39, 0.29) is 5.28 Å². The highest BCUT2D eigenvalue weighted by Gasteiger charge is 2.06. The molecule has 0 unspecified atom stereocenters. The van der Waals surface area contributed by atoms with Crippen LogP contribution in [0.25, 0.3) is 10.8 Å².